The van der Waals surface area contributed by atoms with Gasteiger partial charge in [-0.3, -0.25) is 0 Å². The molecule has 1 rings (SSSR count). The van der Waals surface area contributed by atoms with E-state index in [1.165, 1.54) is 13.2 Å². The lowest BCUT2D eigenvalue weighted by molar-refractivity contribution is 0.183. The van der Waals surface area contributed by atoms with Gasteiger partial charge in [0.2, 0.25) is 0 Å². The van der Waals surface area contributed by atoms with Gasteiger partial charge < -0.3 is 14.6 Å². The number of halogens is 1. The predicted molar refractivity (Wildman–Crippen MR) is 54.5 cm³/mol. The Bertz CT molecular complexity index is 326. The number of hydrogen-bond acceptors (Lipinski definition) is 3. The molecule has 0 aliphatic carbocycles. The van der Waals surface area contributed by atoms with Crippen LogP contribution in [0.15, 0.2) is 12.1 Å². The maximum atomic E-state index is 13.3. The van der Waals surface area contributed by atoms with E-state index in [9.17, 15) is 4.39 Å². The van der Waals surface area contributed by atoms with Crippen molar-refractivity contribution in [2.45, 2.75) is 13.0 Å². The number of methoxy groups -OCH3 is 2. The molecule has 0 heterocycles. The van der Waals surface area contributed by atoms with Gasteiger partial charge in [-0.05, 0) is 29.7 Å². The van der Waals surface area contributed by atoms with E-state index in [0.29, 0.717) is 13.0 Å². The van der Waals surface area contributed by atoms with Crippen molar-refractivity contribution in [1.29, 1.82) is 0 Å². The highest BCUT2D eigenvalue weighted by atomic mass is 19.1. The first-order valence-corrected chi connectivity index (χ1v) is 4.68. The van der Waals surface area contributed by atoms with Gasteiger partial charge in [-0.1, -0.05) is 0 Å². The van der Waals surface area contributed by atoms with Crippen LogP contribution in [0.4, 0.5) is 4.39 Å². The molecule has 0 aromatic heterocycles. The summed E-state index contributed by atoms with van der Waals surface area (Å²) in [5.74, 6) is -0.218. The predicted octanol–water partition coefficient (Wildman–Crippen LogP) is 1.52. The average Bonchev–Trinajstić information content (AvgIpc) is 2.22. The zero-order valence-corrected chi connectivity index (χ0v) is 8.92. The lowest BCUT2D eigenvalue weighted by Crippen LogP contribution is -2.02. The SMILES string of the molecule is COCc1cc(OC)c(F)cc1CCO. The molecule has 0 radical (unpaired) electrons. The number of rotatable bonds is 5. The number of benzene rings is 1. The van der Waals surface area contributed by atoms with Crippen molar-refractivity contribution in [2.75, 3.05) is 20.8 Å². The normalized spacial score (nSPS) is 10.4. The third-order valence-electron chi connectivity index (χ3n) is 2.16. The Morgan fingerprint density at radius 1 is 1.27 bits per heavy atom. The molecule has 4 heteroatoms. The van der Waals surface area contributed by atoms with Crippen LogP contribution in [0.25, 0.3) is 0 Å². The van der Waals surface area contributed by atoms with Crippen LogP contribution < -0.4 is 4.74 Å². The summed E-state index contributed by atoms with van der Waals surface area (Å²) in [7, 11) is 2.99. The molecular weight excluding hydrogens is 199 g/mol. The second-order valence-corrected chi connectivity index (χ2v) is 3.16. The maximum absolute atomic E-state index is 13.3. The Hall–Kier alpha value is -1.13. The fourth-order valence-corrected chi connectivity index (χ4v) is 1.44. The molecule has 1 aromatic rings. The topological polar surface area (TPSA) is 38.7 Å². The van der Waals surface area contributed by atoms with Gasteiger partial charge in [-0.15, -0.1) is 0 Å². The number of aliphatic hydroxyl groups excluding tert-OH is 1. The van der Waals surface area contributed by atoms with E-state index in [1.54, 1.807) is 13.2 Å². The molecule has 0 unspecified atom stereocenters. The highest BCUT2D eigenvalue weighted by Crippen LogP contribution is 2.23. The highest BCUT2D eigenvalue weighted by molar-refractivity contribution is 5.37. The van der Waals surface area contributed by atoms with Crippen molar-refractivity contribution < 1.29 is 19.0 Å². The van der Waals surface area contributed by atoms with Crippen LogP contribution in [0.3, 0.4) is 0 Å². The van der Waals surface area contributed by atoms with Crippen molar-refractivity contribution in [3.63, 3.8) is 0 Å². The minimum absolute atomic E-state index is 0.0114. The summed E-state index contributed by atoms with van der Waals surface area (Å²) in [6.45, 7) is 0.370. The molecule has 3 nitrogen and oxygen atoms in total. The smallest absolute Gasteiger partial charge is 0.165 e. The minimum atomic E-state index is -0.416. The van der Waals surface area contributed by atoms with Crippen molar-refractivity contribution in [1.82, 2.24) is 0 Å². The van der Waals surface area contributed by atoms with Crippen LogP contribution in [-0.2, 0) is 17.8 Å². The van der Waals surface area contributed by atoms with Crippen molar-refractivity contribution >= 4 is 0 Å². The van der Waals surface area contributed by atoms with E-state index in [2.05, 4.69) is 0 Å². The van der Waals surface area contributed by atoms with Crippen molar-refractivity contribution in [3.05, 3.63) is 29.1 Å². The molecule has 0 bridgehead atoms. The van der Waals surface area contributed by atoms with Crippen LogP contribution in [-0.4, -0.2) is 25.9 Å². The fraction of sp³-hybridized carbons (Fsp3) is 0.455. The van der Waals surface area contributed by atoms with Crippen LogP contribution >= 0.6 is 0 Å². The summed E-state index contributed by atoms with van der Waals surface area (Å²) in [5.41, 5.74) is 1.59. The second kappa shape index (κ2) is 5.68. The van der Waals surface area contributed by atoms with Crippen molar-refractivity contribution in [3.8, 4) is 5.75 Å². The van der Waals surface area contributed by atoms with Gasteiger partial charge in [-0.25, -0.2) is 4.39 Å². The highest BCUT2D eigenvalue weighted by Gasteiger charge is 2.09. The Morgan fingerprint density at radius 3 is 2.53 bits per heavy atom. The molecule has 0 aliphatic heterocycles. The number of hydrogen-bond donors (Lipinski definition) is 1. The quantitative estimate of drug-likeness (QED) is 0.807. The summed E-state index contributed by atoms with van der Waals surface area (Å²) >= 11 is 0. The van der Waals surface area contributed by atoms with E-state index in [0.717, 1.165) is 11.1 Å². The van der Waals surface area contributed by atoms with E-state index >= 15 is 0 Å². The van der Waals surface area contributed by atoms with E-state index in [1.807, 2.05) is 0 Å². The van der Waals surface area contributed by atoms with Gasteiger partial charge in [0.05, 0.1) is 13.7 Å². The molecule has 1 N–H and O–H groups in total. The van der Waals surface area contributed by atoms with Gasteiger partial charge in [0, 0.05) is 13.7 Å². The molecule has 0 spiro atoms. The van der Waals surface area contributed by atoms with E-state index in [-0.39, 0.29) is 12.4 Å². The summed E-state index contributed by atoms with van der Waals surface area (Å²) in [4.78, 5) is 0. The zero-order valence-electron chi connectivity index (χ0n) is 8.92. The first kappa shape index (κ1) is 11.9. The first-order chi connectivity index (χ1) is 7.22. The van der Waals surface area contributed by atoms with Gasteiger partial charge in [-0.2, -0.15) is 0 Å². The fourth-order valence-electron chi connectivity index (χ4n) is 1.44. The van der Waals surface area contributed by atoms with Crippen molar-refractivity contribution in [2.24, 2.45) is 0 Å². The third-order valence-corrected chi connectivity index (χ3v) is 2.16. The number of aliphatic hydroxyl groups is 1. The van der Waals surface area contributed by atoms with Gasteiger partial charge in [0.25, 0.3) is 0 Å². The summed E-state index contributed by atoms with van der Waals surface area (Å²) in [5, 5.41) is 8.84. The summed E-state index contributed by atoms with van der Waals surface area (Å²) in [6, 6.07) is 2.98. The Morgan fingerprint density at radius 2 is 2.00 bits per heavy atom. The lowest BCUT2D eigenvalue weighted by atomic mass is 10.0. The molecule has 0 fully saturated rings. The largest absolute Gasteiger partial charge is 0.494 e. The standard InChI is InChI=1S/C11H15FO3/c1-14-7-9-6-11(15-2)10(12)5-8(9)3-4-13/h5-6,13H,3-4,7H2,1-2H3. The monoisotopic (exact) mass is 214 g/mol. The Kier molecular flexibility index (Phi) is 4.52. The Balaban J connectivity index is 3.07. The molecule has 15 heavy (non-hydrogen) atoms. The van der Waals surface area contributed by atoms with Crippen LogP contribution in [0.2, 0.25) is 0 Å². The molecule has 0 saturated carbocycles. The second-order valence-electron chi connectivity index (χ2n) is 3.16. The maximum Gasteiger partial charge on any atom is 0.165 e. The van der Waals surface area contributed by atoms with Gasteiger partial charge in [0.1, 0.15) is 0 Å². The lowest BCUT2D eigenvalue weighted by Gasteiger charge is -2.10. The first-order valence-electron chi connectivity index (χ1n) is 4.68. The summed E-state index contributed by atoms with van der Waals surface area (Å²) in [6.07, 6.45) is 0.416. The molecule has 0 saturated heterocycles. The molecule has 0 atom stereocenters. The minimum Gasteiger partial charge on any atom is -0.494 e. The van der Waals surface area contributed by atoms with Gasteiger partial charge in [0.15, 0.2) is 11.6 Å². The third kappa shape index (κ3) is 2.91. The molecule has 1 aromatic carbocycles. The zero-order chi connectivity index (χ0) is 11.3. The average molecular weight is 214 g/mol. The van der Waals surface area contributed by atoms with Crippen LogP contribution in [0.1, 0.15) is 11.1 Å². The molecule has 84 valence electrons. The Labute approximate surface area is 88.4 Å². The van der Waals surface area contributed by atoms with Gasteiger partial charge >= 0.3 is 0 Å². The number of ether oxygens (including phenoxy) is 2. The molecule has 0 aliphatic rings. The summed E-state index contributed by atoms with van der Waals surface area (Å²) < 4.78 is 23.2. The van der Waals surface area contributed by atoms with Crippen LogP contribution in [0, 0.1) is 5.82 Å². The van der Waals surface area contributed by atoms with Crippen LogP contribution in [0.5, 0.6) is 5.75 Å². The molecule has 0 amide bonds. The van der Waals surface area contributed by atoms with E-state index in [4.69, 9.17) is 14.6 Å². The van der Waals surface area contributed by atoms with E-state index < -0.39 is 5.82 Å². The molecular formula is C11H15FO3.